The van der Waals surface area contributed by atoms with Crippen LogP contribution in [0, 0.1) is 11.8 Å². The monoisotopic (exact) mass is 280 g/mol. The Balaban J connectivity index is 1.78. The molecule has 2 amide bonds. The van der Waals surface area contributed by atoms with Gasteiger partial charge in [0.1, 0.15) is 0 Å². The number of rotatable bonds is 3. The third kappa shape index (κ3) is 3.74. The number of piperidine rings is 1. The highest BCUT2D eigenvalue weighted by molar-refractivity contribution is 5.84. The summed E-state index contributed by atoms with van der Waals surface area (Å²) in [5.74, 6) is 1.47. The zero-order chi connectivity index (χ0) is 14.7. The molecule has 4 nitrogen and oxygen atoms in total. The molecule has 20 heavy (non-hydrogen) atoms. The molecule has 2 unspecified atom stereocenters. The second kappa shape index (κ2) is 6.59. The molecule has 0 spiro atoms. The Bertz CT molecular complexity index is 359. The van der Waals surface area contributed by atoms with E-state index in [4.69, 9.17) is 0 Å². The summed E-state index contributed by atoms with van der Waals surface area (Å²) in [5.41, 5.74) is 0. The van der Waals surface area contributed by atoms with E-state index in [-0.39, 0.29) is 11.8 Å². The van der Waals surface area contributed by atoms with E-state index in [0.29, 0.717) is 30.7 Å². The van der Waals surface area contributed by atoms with Crippen molar-refractivity contribution in [3.05, 3.63) is 0 Å². The van der Waals surface area contributed by atoms with Crippen molar-refractivity contribution in [2.24, 2.45) is 11.8 Å². The summed E-state index contributed by atoms with van der Waals surface area (Å²) >= 11 is 0. The molecule has 3 atom stereocenters. The normalized spacial score (nSPS) is 30.6. The zero-order valence-corrected chi connectivity index (χ0v) is 13.1. The van der Waals surface area contributed by atoms with Gasteiger partial charge in [-0.05, 0) is 38.0 Å². The smallest absolute Gasteiger partial charge is 0.223 e. The fraction of sp³-hybridized carbons (Fsp3) is 0.875. The molecule has 2 rings (SSSR count). The van der Waals surface area contributed by atoms with Crippen LogP contribution in [0.25, 0.3) is 0 Å². The summed E-state index contributed by atoms with van der Waals surface area (Å²) in [7, 11) is 0. The number of carbonyl (C=O) groups is 2. The van der Waals surface area contributed by atoms with Crippen LogP contribution < -0.4 is 0 Å². The summed E-state index contributed by atoms with van der Waals surface area (Å²) in [6.45, 7) is 9.08. The molecule has 0 aromatic carbocycles. The molecule has 0 aromatic rings. The first-order chi connectivity index (χ1) is 9.47. The average Bonchev–Trinajstić information content (AvgIpc) is 2.80. The third-order valence-electron chi connectivity index (χ3n) is 4.65. The minimum absolute atomic E-state index is 0.154. The van der Waals surface area contributed by atoms with Crippen LogP contribution in [0.5, 0.6) is 0 Å². The Labute approximate surface area is 122 Å². The largest absolute Gasteiger partial charge is 0.342 e. The highest BCUT2D eigenvalue weighted by atomic mass is 16.2. The first-order valence-corrected chi connectivity index (χ1v) is 8.04. The molecule has 4 heteroatoms. The van der Waals surface area contributed by atoms with Crippen LogP contribution in [-0.4, -0.2) is 47.3 Å². The Kier molecular flexibility index (Phi) is 5.06. The Morgan fingerprint density at radius 1 is 1.00 bits per heavy atom. The van der Waals surface area contributed by atoms with Gasteiger partial charge in [-0.1, -0.05) is 13.8 Å². The second-order valence-electron chi connectivity index (χ2n) is 6.82. The fourth-order valence-corrected chi connectivity index (χ4v) is 3.69. The van der Waals surface area contributed by atoms with Gasteiger partial charge < -0.3 is 9.80 Å². The van der Waals surface area contributed by atoms with Crippen LogP contribution in [0.15, 0.2) is 0 Å². The van der Waals surface area contributed by atoms with E-state index in [9.17, 15) is 9.59 Å². The van der Waals surface area contributed by atoms with Crippen LogP contribution in [-0.2, 0) is 9.59 Å². The molecule has 2 heterocycles. The average molecular weight is 280 g/mol. The van der Waals surface area contributed by atoms with Gasteiger partial charge in [0.25, 0.3) is 0 Å². The number of amides is 2. The van der Waals surface area contributed by atoms with Gasteiger partial charge in [-0.15, -0.1) is 0 Å². The highest BCUT2D eigenvalue weighted by Gasteiger charge is 2.28. The lowest BCUT2D eigenvalue weighted by Crippen LogP contribution is -2.43. The summed E-state index contributed by atoms with van der Waals surface area (Å²) in [6, 6.07) is 0.354. The predicted molar refractivity (Wildman–Crippen MR) is 79.2 cm³/mol. The van der Waals surface area contributed by atoms with Crippen molar-refractivity contribution in [3.63, 3.8) is 0 Å². The fourth-order valence-electron chi connectivity index (χ4n) is 3.69. The van der Waals surface area contributed by atoms with Gasteiger partial charge >= 0.3 is 0 Å². The van der Waals surface area contributed by atoms with Crippen molar-refractivity contribution in [2.45, 2.75) is 58.9 Å². The first-order valence-electron chi connectivity index (χ1n) is 8.04. The maximum atomic E-state index is 12.2. The van der Waals surface area contributed by atoms with Crippen molar-refractivity contribution >= 4 is 11.8 Å². The molecule has 0 aromatic heterocycles. The van der Waals surface area contributed by atoms with Crippen LogP contribution >= 0.6 is 0 Å². The molecular formula is C16H28N2O2. The van der Waals surface area contributed by atoms with Crippen molar-refractivity contribution in [3.8, 4) is 0 Å². The molecule has 0 aliphatic carbocycles. The maximum absolute atomic E-state index is 12.2. The lowest BCUT2D eigenvalue weighted by molar-refractivity contribution is -0.138. The van der Waals surface area contributed by atoms with E-state index in [1.54, 1.807) is 0 Å². The molecule has 2 aliphatic heterocycles. The summed E-state index contributed by atoms with van der Waals surface area (Å²) < 4.78 is 0. The van der Waals surface area contributed by atoms with E-state index in [1.807, 2.05) is 9.80 Å². The Hall–Kier alpha value is -1.06. The first kappa shape index (κ1) is 15.3. The van der Waals surface area contributed by atoms with Crippen LogP contribution in [0.1, 0.15) is 52.9 Å². The van der Waals surface area contributed by atoms with E-state index in [2.05, 4.69) is 20.8 Å². The molecule has 2 aliphatic rings. The van der Waals surface area contributed by atoms with Crippen molar-refractivity contribution in [2.75, 3.05) is 19.6 Å². The predicted octanol–water partition coefficient (Wildman–Crippen LogP) is 2.28. The minimum atomic E-state index is 0.154. The van der Waals surface area contributed by atoms with E-state index >= 15 is 0 Å². The molecule has 0 saturated carbocycles. The molecule has 114 valence electrons. The topological polar surface area (TPSA) is 40.6 Å². The molecule has 2 saturated heterocycles. The zero-order valence-electron chi connectivity index (χ0n) is 13.1. The number of nitrogens with zero attached hydrogens (tertiary/aromatic N) is 2. The summed E-state index contributed by atoms with van der Waals surface area (Å²) in [5, 5.41) is 0. The van der Waals surface area contributed by atoms with Crippen LogP contribution in [0.4, 0.5) is 0 Å². The van der Waals surface area contributed by atoms with E-state index in [0.717, 1.165) is 32.5 Å². The number of carbonyl (C=O) groups excluding carboxylic acids is 2. The minimum Gasteiger partial charge on any atom is -0.342 e. The van der Waals surface area contributed by atoms with Gasteiger partial charge in [-0.3, -0.25) is 9.59 Å². The second-order valence-corrected chi connectivity index (χ2v) is 6.82. The summed E-state index contributed by atoms with van der Waals surface area (Å²) in [6.07, 6.45) is 4.15. The van der Waals surface area contributed by atoms with Crippen LogP contribution in [0.2, 0.25) is 0 Å². The SMILES string of the molecule is CC1CC(C)CN(C(=O)CCC(=O)N2CCC[C@H]2C)C1. The van der Waals surface area contributed by atoms with Crippen molar-refractivity contribution < 1.29 is 9.59 Å². The highest BCUT2D eigenvalue weighted by Crippen LogP contribution is 2.22. The Morgan fingerprint density at radius 3 is 2.15 bits per heavy atom. The molecule has 0 radical (unpaired) electrons. The van der Waals surface area contributed by atoms with Crippen molar-refractivity contribution in [1.82, 2.24) is 9.80 Å². The van der Waals surface area contributed by atoms with Gasteiger partial charge in [0.05, 0.1) is 0 Å². The lowest BCUT2D eigenvalue weighted by Gasteiger charge is -2.35. The molecule has 0 N–H and O–H groups in total. The maximum Gasteiger partial charge on any atom is 0.223 e. The quantitative estimate of drug-likeness (QED) is 0.796. The van der Waals surface area contributed by atoms with Crippen molar-refractivity contribution in [1.29, 1.82) is 0 Å². The van der Waals surface area contributed by atoms with Crippen LogP contribution in [0.3, 0.4) is 0 Å². The number of hydrogen-bond acceptors (Lipinski definition) is 2. The number of hydrogen-bond donors (Lipinski definition) is 0. The standard InChI is InChI=1S/C16H28N2O2/c1-12-9-13(2)11-17(10-12)15(19)6-7-16(20)18-8-4-5-14(18)3/h12-14H,4-11H2,1-3H3/t12?,13?,14-/m1/s1. The summed E-state index contributed by atoms with van der Waals surface area (Å²) in [4.78, 5) is 28.3. The van der Waals surface area contributed by atoms with E-state index < -0.39 is 0 Å². The van der Waals surface area contributed by atoms with Gasteiger partial charge in [-0.2, -0.15) is 0 Å². The van der Waals surface area contributed by atoms with Gasteiger partial charge in [0.15, 0.2) is 0 Å². The third-order valence-corrected chi connectivity index (χ3v) is 4.65. The molecular weight excluding hydrogens is 252 g/mol. The number of likely N-dealkylation sites (tertiary alicyclic amines) is 2. The Morgan fingerprint density at radius 2 is 1.60 bits per heavy atom. The van der Waals surface area contributed by atoms with Gasteiger partial charge in [0.2, 0.25) is 11.8 Å². The van der Waals surface area contributed by atoms with Gasteiger partial charge in [-0.25, -0.2) is 0 Å². The van der Waals surface area contributed by atoms with E-state index in [1.165, 1.54) is 6.42 Å². The van der Waals surface area contributed by atoms with Gasteiger partial charge in [0, 0.05) is 38.5 Å². The molecule has 0 bridgehead atoms. The lowest BCUT2D eigenvalue weighted by atomic mass is 9.91. The molecule has 2 fully saturated rings.